The SMILES string of the molecule is OCc1nnn(-c2ccccc2C(F)(F)F)c1-c1ccccn1. The van der Waals surface area contributed by atoms with Crippen LogP contribution in [0.15, 0.2) is 48.7 Å². The van der Waals surface area contributed by atoms with Crippen LogP contribution in [0.5, 0.6) is 0 Å². The van der Waals surface area contributed by atoms with Crippen molar-refractivity contribution >= 4 is 0 Å². The average Bonchev–Trinajstić information content (AvgIpc) is 2.98. The molecule has 0 unspecified atom stereocenters. The fourth-order valence-corrected chi connectivity index (χ4v) is 2.25. The summed E-state index contributed by atoms with van der Waals surface area (Å²) in [6.07, 6.45) is -3.03. The first-order valence-electron chi connectivity index (χ1n) is 6.66. The summed E-state index contributed by atoms with van der Waals surface area (Å²) in [6.45, 7) is -0.458. The zero-order valence-corrected chi connectivity index (χ0v) is 11.7. The van der Waals surface area contributed by atoms with Crippen molar-refractivity contribution in [2.45, 2.75) is 12.8 Å². The second kappa shape index (κ2) is 5.81. The van der Waals surface area contributed by atoms with E-state index >= 15 is 0 Å². The number of hydrogen-bond acceptors (Lipinski definition) is 4. The Morgan fingerprint density at radius 3 is 2.43 bits per heavy atom. The van der Waals surface area contributed by atoms with E-state index < -0.39 is 18.3 Å². The molecule has 0 bridgehead atoms. The lowest BCUT2D eigenvalue weighted by Crippen LogP contribution is -2.12. The summed E-state index contributed by atoms with van der Waals surface area (Å²) < 4.78 is 40.7. The molecule has 0 fully saturated rings. The molecule has 1 N–H and O–H groups in total. The number of pyridine rings is 1. The van der Waals surface area contributed by atoms with Crippen LogP contribution in [-0.4, -0.2) is 25.1 Å². The summed E-state index contributed by atoms with van der Waals surface area (Å²) in [5, 5.41) is 16.9. The predicted molar refractivity (Wildman–Crippen MR) is 75.5 cm³/mol. The van der Waals surface area contributed by atoms with Crippen molar-refractivity contribution in [2.75, 3.05) is 0 Å². The summed E-state index contributed by atoms with van der Waals surface area (Å²) in [5.41, 5.74) is -0.261. The van der Waals surface area contributed by atoms with Crippen LogP contribution < -0.4 is 0 Å². The smallest absolute Gasteiger partial charge is 0.390 e. The minimum atomic E-state index is -4.54. The maximum atomic E-state index is 13.2. The maximum absolute atomic E-state index is 13.2. The van der Waals surface area contributed by atoms with Crippen molar-refractivity contribution in [1.29, 1.82) is 0 Å². The summed E-state index contributed by atoms with van der Waals surface area (Å²) in [6, 6.07) is 10.0. The number of rotatable bonds is 3. The molecule has 0 atom stereocenters. The molecule has 0 saturated heterocycles. The standard InChI is InChI=1S/C15H11F3N4O/c16-15(17,18)10-5-1-2-7-13(10)22-14(12(9-23)20-21-22)11-6-3-4-8-19-11/h1-8,23H,9H2. The van der Waals surface area contributed by atoms with Gasteiger partial charge in [0.05, 0.1) is 23.6 Å². The number of halogens is 3. The lowest BCUT2D eigenvalue weighted by molar-refractivity contribution is -0.137. The molecule has 3 aromatic rings. The molecule has 0 saturated carbocycles. The Bertz CT molecular complexity index is 815. The van der Waals surface area contributed by atoms with Crippen LogP contribution in [0.3, 0.4) is 0 Å². The first-order valence-corrected chi connectivity index (χ1v) is 6.66. The number of aliphatic hydroxyl groups excluding tert-OH is 1. The van der Waals surface area contributed by atoms with Gasteiger partial charge in [-0.15, -0.1) is 5.10 Å². The average molecular weight is 320 g/mol. The summed E-state index contributed by atoms with van der Waals surface area (Å²) in [7, 11) is 0. The summed E-state index contributed by atoms with van der Waals surface area (Å²) in [4.78, 5) is 4.11. The molecule has 23 heavy (non-hydrogen) atoms. The number of para-hydroxylation sites is 1. The molecule has 0 aliphatic carbocycles. The van der Waals surface area contributed by atoms with E-state index in [1.165, 1.54) is 24.4 Å². The maximum Gasteiger partial charge on any atom is 0.418 e. The molecule has 2 aromatic heterocycles. The van der Waals surface area contributed by atoms with Gasteiger partial charge in [0.1, 0.15) is 11.4 Å². The summed E-state index contributed by atoms with van der Waals surface area (Å²) >= 11 is 0. The number of hydrogen-bond donors (Lipinski definition) is 1. The molecule has 0 aliphatic heterocycles. The third-order valence-electron chi connectivity index (χ3n) is 3.23. The molecule has 118 valence electrons. The van der Waals surface area contributed by atoms with E-state index in [2.05, 4.69) is 15.3 Å². The van der Waals surface area contributed by atoms with E-state index in [0.717, 1.165) is 10.7 Å². The minimum absolute atomic E-state index is 0.153. The van der Waals surface area contributed by atoms with Gasteiger partial charge in [0.2, 0.25) is 0 Å². The first kappa shape index (κ1) is 15.2. The number of aromatic nitrogens is 4. The van der Waals surface area contributed by atoms with Gasteiger partial charge in [-0.25, -0.2) is 4.68 Å². The number of benzene rings is 1. The van der Waals surface area contributed by atoms with Crippen molar-refractivity contribution in [3.8, 4) is 17.1 Å². The molecule has 0 radical (unpaired) electrons. The third-order valence-corrected chi connectivity index (χ3v) is 3.23. The Morgan fingerprint density at radius 2 is 1.78 bits per heavy atom. The molecule has 3 rings (SSSR count). The Labute approximate surface area is 129 Å². The van der Waals surface area contributed by atoms with Gasteiger partial charge in [-0.1, -0.05) is 23.4 Å². The number of alkyl halides is 3. The number of nitrogens with zero attached hydrogens (tertiary/aromatic N) is 4. The largest absolute Gasteiger partial charge is 0.418 e. The normalized spacial score (nSPS) is 11.7. The van der Waals surface area contributed by atoms with E-state index in [9.17, 15) is 18.3 Å². The van der Waals surface area contributed by atoms with Crippen LogP contribution in [0.4, 0.5) is 13.2 Å². The van der Waals surface area contributed by atoms with Gasteiger partial charge in [-0.2, -0.15) is 13.2 Å². The molecule has 0 amide bonds. The van der Waals surface area contributed by atoms with Crippen LogP contribution in [0.2, 0.25) is 0 Å². The fourth-order valence-electron chi connectivity index (χ4n) is 2.25. The van der Waals surface area contributed by atoms with Gasteiger partial charge in [0.15, 0.2) is 0 Å². The highest BCUT2D eigenvalue weighted by atomic mass is 19.4. The topological polar surface area (TPSA) is 63.8 Å². The molecule has 0 aliphatic rings. The van der Waals surface area contributed by atoms with E-state index in [0.29, 0.717) is 5.69 Å². The monoisotopic (exact) mass is 320 g/mol. The van der Waals surface area contributed by atoms with Crippen LogP contribution in [0, 0.1) is 0 Å². The second-order valence-corrected chi connectivity index (χ2v) is 4.68. The third kappa shape index (κ3) is 2.80. The highest BCUT2D eigenvalue weighted by Crippen LogP contribution is 2.35. The van der Waals surface area contributed by atoms with Crippen molar-refractivity contribution in [3.63, 3.8) is 0 Å². The zero-order chi connectivity index (χ0) is 16.4. The highest BCUT2D eigenvalue weighted by Gasteiger charge is 2.35. The highest BCUT2D eigenvalue weighted by molar-refractivity contribution is 5.61. The van der Waals surface area contributed by atoms with Gasteiger partial charge < -0.3 is 5.11 Å². The van der Waals surface area contributed by atoms with Gasteiger partial charge in [0.25, 0.3) is 0 Å². The van der Waals surface area contributed by atoms with E-state index in [-0.39, 0.29) is 17.1 Å². The second-order valence-electron chi connectivity index (χ2n) is 4.68. The molecule has 1 aromatic carbocycles. The Kier molecular flexibility index (Phi) is 3.83. The van der Waals surface area contributed by atoms with Crippen molar-refractivity contribution in [3.05, 3.63) is 59.9 Å². The van der Waals surface area contributed by atoms with Gasteiger partial charge >= 0.3 is 6.18 Å². The van der Waals surface area contributed by atoms with Gasteiger partial charge in [-0.05, 0) is 24.3 Å². The van der Waals surface area contributed by atoms with E-state index in [1.54, 1.807) is 18.2 Å². The summed E-state index contributed by atoms with van der Waals surface area (Å²) in [5.74, 6) is 0. The lowest BCUT2D eigenvalue weighted by atomic mass is 10.1. The molecule has 2 heterocycles. The van der Waals surface area contributed by atoms with Crippen LogP contribution in [0.25, 0.3) is 17.1 Å². The zero-order valence-electron chi connectivity index (χ0n) is 11.7. The molecule has 8 heteroatoms. The van der Waals surface area contributed by atoms with Crippen LogP contribution >= 0.6 is 0 Å². The lowest BCUT2D eigenvalue weighted by Gasteiger charge is -2.14. The van der Waals surface area contributed by atoms with Gasteiger partial charge in [-0.3, -0.25) is 4.98 Å². The molecule has 0 spiro atoms. The fraction of sp³-hybridized carbons (Fsp3) is 0.133. The minimum Gasteiger partial charge on any atom is -0.390 e. The predicted octanol–water partition coefficient (Wildman–Crippen LogP) is 2.84. The number of aliphatic hydroxyl groups is 1. The Hall–Kier alpha value is -2.74. The van der Waals surface area contributed by atoms with E-state index in [4.69, 9.17) is 0 Å². The van der Waals surface area contributed by atoms with Crippen molar-refractivity contribution < 1.29 is 18.3 Å². The van der Waals surface area contributed by atoms with Gasteiger partial charge in [0, 0.05) is 6.20 Å². The van der Waals surface area contributed by atoms with Crippen molar-refractivity contribution in [2.24, 2.45) is 0 Å². The first-order chi connectivity index (χ1) is 11.0. The van der Waals surface area contributed by atoms with E-state index in [1.807, 2.05) is 0 Å². The van der Waals surface area contributed by atoms with Crippen LogP contribution in [0.1, 0.15) is 11.3 Å². The molecular weight excluding hydrogens is 309 g/mol. The Morgan fingerprint density at radius 1 is 1.04 bits per heavy atom. The van der Waals surface area contributed by atoms with Crippen LogP contribution in [-0.2, 0) is 12.8 Å². The van der Waals surface area contributed by atoms with Crippen molar-refractivity contribution in [1.82, 2.24) is 20.0 Å². The molecule has 5 nitrogen and oxygen atoms in total. The Balaban J connectivity index is 2.26. The molecular formula is C15H11F3N4O. The quantitative estimate of drug-likeness (QED) is 0.806.